The number of benzene rings is 1. The molecular formula is C22H35IN4O3. The van der Waals surface area contributed by atoms with Crippen LogP contribution in [-0.2, 0) is 22.6 Å². The minimum Gasteiger partial charge on any atom is -0.469 e. The van der Waals surface area contributed by atoms with Crippen LogP contribution in [0.5, 0.6) is 0 Å². The smallest absolute Gasteiger partial charge is 0.308 e. The molecule has 3 rings (SSSR count). The van der Waals surface area contributed by atoms with Crippen molar-refractivity contribution < 1.29 is 14.6 Å². The highest BCUT2D eigenvalue weighted by Crippen LogP contribution is 2.19. The maximum absolute atomic E-state index is 11.7. The Kier molecular flexibility index (Phi) is 10.3. The van der Waals surface area contributed by atoms with Gasteiger partial charge in [-0.25, -0.2) is 0 Å². The molecule has 0 saturated carbocycles. The van der Waals surface area contributed by atoms with E-state index in [-0.39, 0.29) is 42.0 Å². The molecule has 168 valence electrons. The number of nitrogens with zero attached hydrogens (tertiary/aromatic N) is 3. The zero-order valence-corrected chi connectivity index (χ0v) is 20.4. The number of esters is 1. The maximum Gasteiger partial charge on any atom is 0.308 e. The second kappa shape index (κ2) is 12.5. The number of carbonyl (C=O) groups excluding carboxylic acids is 1. The number of hydrogen-bond donors (Lipinski definition) is 2. The monoisotopic (exact) mass is 530 g/mol. The molecule has 0 unspecified atom stereocenters. The molecule has 2 aliphatic heterocycles. The zero-order chi connectivity index (χ0) is 20.6. The number of aliphatic hydroxyl groups excluding tert-OH is 1. The van der Waals surface area contributed by atoms with Gasteiger partial charge in [-0.15, -0.1) is 24.0 Å². The van der Waals surface area contributed by atoms with Gasteiger partial charge in [0, 0.05) is 46.3 Å². The van der Waals surface area contributed by atoms with Crippen LogP contribution >= 0.6 is 24.0 Å². The minimum atomic E-state index is -0.125. The van der Waals surface area contributed by atoms with Gasteiger partial charge in [0.2, 0.25) is 0 Å². The van der Waals surface area contributed by atoms with E-state index in [1.54, 1.807) is 7.05 Å². The van der Waals surface area contributed by atoms with Crippen LogP contribution in [0.15, 0.2) is 29.3 Å². The maximum atomic E-state index is 11.7. The first-order chi connectivity index (χ1) is 14.1. The van der Waals surface area contributed by atoms with Crippen molar-refractivity contribution in [3.63, 3.8) is 0 Å². The topological polar surface area (TPSA) is 77.4 Å². The largest absolute Gasteiger partial charge is 0.469 e. The lowest BCUT2D eigenvalue weighted by molar-refractivity contribution is -0.146. The number of guanidine groups is 1. The quantitative estimate of drug-likeness (QED) is 0.263. The lowest BCUT2D eigenvalue weighted by atomic mass is 9.97. The van der Waals surface area contributed by atoms with Crippen molar-refractivity contribution in [2.75, 3.05) is 40.3 Å². The molecule has 0 aliphatic carbocycles. The van der Waals surface area contributed by atoms with Crippen molar-refractivity contribution in [3.8, 4) is 0 Å². The summed E-state index contributed by atoms with van der Waals surface area (Å²) in [6.45, 7) is 5.21. The van der Waals surface area contributed by atoms with Crippen molar-refractivity contribution in [1.82, 2.24) is 15.1 Å². The molecule has 0 aromatic heterocycles. The number of ether oxygens (including phenoxy) is 1. The number of aliphatic hydroxyl groups is 1. The number of carbonyl (C=O) groups is 1. The Morgan fingerprint density at radius 2 is 1.70 bits per heavy atom. The standard InChI is InChI=1S/C22H34N4O3.HI/c1-23-22(26-13-7-19(8-14-26)21(28)29-2)24-15-17-3-5-18(6-4-17)16-25-11-9-20(27)10-12-25;/h3-6,19-20,27H,7-16H2,1-2H3,(H,23,24);1H. The van der Waals surface area contributed by atoms with Crippen LogP contribution in [0.3, 0.4) is 0 Å². The fourth-order valence-corrected chi connectivity index (χ4v) is 4.11. The van der Waals surface area contributed by atoms with Gasteiger partial charge >= 0.3 is 5.97 Å². The number of piperidine rings is 2. The van der Waals surface area contributed by atoms with E-state index in [0.29, 0.717) is 0 Å². The Morgan fingerprint density at radius 1 is 1.10 bits per heavy atom. The van der Waals surface area contributed by atoms with E-state index < -0.39 is 0 Å². The van der Waals surface area contributed by atoms with Gasteiger partial charge in [0.25, 0.3) is 0 Å². The number of aliphatic imine (C=N–C) groups is 1. The van der Waals surface area contributed by atoms with E-state index in [2.05, 4.69) is 44.4 Å². The highest BCUT2D eigenvalue weighted by Gasteiger charge is 2.26. The molecule has 0 atom stereocenters. The summed E-state index contributed by atoms with van der Waals surface area (Å²) in [5, 5.41) is 13.1. The number of rotatable bonds is 5. The Balaban J connectivity index is 0.00000320. The van der Waals surface area contributed by atoms with E-state index in [0.717, 1.165) is 70.9 Å². The molecule has 1 aromatic rings. The number of likely N-dealkylation sites (tertiary alicyclic amines) is 2. The Labute approximate surface area is 196 Å². The Bertz CT molecular complexity index is 682. The highest BCUT2D eigenvalue weighted by molar-refractivity contribution is 14.0. The summed E-state index contributed by atoms with van der Waals surface area (Å²) in [4.78, 5) is 20.7. The van der Waals surface area contributed by atoms with E-state index in [4.69, 9.17) is 4.74 Å². The predicted octanol–water partition coefficient (Wildman–Crippen LogP) is 2.22. The third-order valence-electron chi connectivity index (χ3n) is 5.98. The van der Waals surface area contributed by atoms with E-state index in [9.17, 15) is 9.90 Å². The second-order valence-electron chi connectivity index (χ2n) is 8.01. The number of nitrogens with one attached hydrogen (secondary N) is 1. The van der Waals surface area contributed by atoms with Gasteiger partial charge in [0.1, 0.15) is 0 Å². The van der Waals surface area contributed by atoms with E-state index in [1.165, 1.54) is 18.2 Å². The molecule has 2 aliphatic rings. The number of halogens is 1. The summed E-state index contributed by atoms with van der Waals surface area (Å²) in [7, 11) is 3.25. The lowest BCUT2D eigenvalue weighted by Gasteiger charge is -2.33. The first-order valence-corrected chi connectivity index (χ1v) is 10.6. The molecule has 1 aromatic carbocycles. The summed E-state index contributed by atoms with van der Waals surface area (Å²) < 4.78 is 4.86. The van der Waals surface area contributed by atoms with Crippen molar-refractivity contribution in [2.45, 2.75) is 44.9 Å². The van der Waals surface area contributed by atoms with Crippen molar-refractivity contribution in [2.24, 2.45) is 10.9 Å². The Hall–Kier alpha value is -1.39. The fraction of sp³-hybridized carbons (Fsp3) is 0.636. The first-order valence-electron chi connectivity index (χ1n) is 10.6. The minimum absolute atomic E-state index is 0. The van der Waals surface area contributed by atoms with Gasteiger partial charge in [0.05, 0.1) is 19.1 Å². The van der Waals surface area contributed by atoms with Crippen molar-refractivity contribution >= 4 is 35.9 Å². The van der Waals surface area contributed by atoms with Crippen molar-refractivity contribution in [3.05, 3.63) is 35.4 Å². The first kappa shape index (κ1) is 24.9. The van der Waals surface area contributed by atoms with Crippen LogP contribution in [0, 0.1) is 5.92 Å². The van der Waals surface area contributed by atoms with Crippen LogP contribution in [-0.4, -0.2) is 73.3 Å². The molecule has 0 radical (unpaired) electrons. The SMILES string of the molecule is CN=C(NCc1ccc(CN2CCC(O)CC2)cc1)N1CCC(C(=O)OC)CC1.I. The highest BCUT2D eigenvalue weighted by atomic mass is 127. The summed E-state index contributed by atoms with van der Waals surface area (Å²) >= 11 is 0. The van der Waals surface area contributed by atoms with E-state index in [1.807, 2.05) is 0 Å². The van der Waals surface area contributed by atoms with Gasteiger partial charge in [-0.1, -0.05) is 24.3 Å². The van der Waals surface area contributed by atoms with Gasteiger partial charge in [-0.2, -0.15) is 0 Å². The fourth-order valence-electron chi connectivity index (χ4n) is 4.11. The summed E-state index contributed by atoms with van der Waals surface area (Å²) in [5.74, 6) is 0.780. The van der Waals surface area contributed by atoms with E-state index >= 15 is 0 Å². The lowest BCUT2D eigenvalue weighted by Crippen LogP contribution is -2.46. The molecule has 30 heavy (non-hydrogen) atoms. The average Bonchev–Trinajstić information content (AvgIpc) is 2.77. The van der Waals surface area contributed by atoms with Gasteiger partial charge < -0.3 is 20.1 Å². The normalized spacial score (nSPS) is 19.3. The molecule has 0 amide bonds. The van der Waals surface area contributed by atoms with Crippen molar-refractivity contribution in [1.29, 1.82) is 0 Å². The van der Waals surface area contributed by atoms with Gasteiger partial charge in [-0.3, -0.25) is 14.7 Å². The average molecular weight is 530 g/mol. The second-order valence-corrected chi connectivity index (χ2v) is 8.01. The summed E-state index contributed by atoms with van der Waals surface area (Å²) in [5.41, 5.74) is 2.52. The summed E-state index contributed by atoms with van der Waals surface area (Å²) in [6.07, 6.45) is 3.22. The number of methoxy groups -OCH3 is 1. The van der Waals surface area contributed by atoms with Crippen LogP contribution in [0.4, 0.5) is 0 Å². The molecule has 2 fully saturated rings. The Morgan fingerprint density at radius 3 is 2.27 bits per heavy atom. The van der Waals surface area contributed by atoms with Crippen LogP contribution in [0.1, 0.15) is 36.8 Å². The molecule has 8 heteroatoms. The van der Waals surface area contributed by atoms with Gasteiger partial charge in [0.15, 0.2) is 5.96 Å². The third-order valence-corrected chi connectivity index (χ3v) is 5.98. The van der Waals surface area contributed by atoms with Crippen LogP contribution < -0.4 is 5.32 Å². The molecule has 2 heterocycles. The van der Waals surface area contributed by atoms with Gasteiger partial charge in [-0.05, 0) is 36.8 Å². The molecule has 2 saturated heterocycles. The molecular weight excluding hydrogens is 495 g/mol. The molecule has 2 N–H and O–H groups in total. The predicted molar refractivity (Wildman–Crippen MR) is 129 cm³/mol. The van der Waals surface area contributed by atoms with Crippen LogP contribution in [0.25, 0.3) is 0 Å². The number of hydrogen-bond acceptors (Lipinski definition) is 5. The van der Waals surface area contributed by atoms with Crippen LogP contribution in [0.2, 0.25) is 0 Å². The molecule has 0 bridgehead atoms. The summed E-state index contributed by atoms with van der Waals surface area (Å²) in [6, 6.07) is 8.70. The molecule has 0 spiro atoms. The zero-order valence-electron chi connectivity index (χ0n) is 18.0. The molecule has 7 nitrogen and oxygen atoms in total. The third kappa shape index (κ3) is 7.09.